The predicted molar refractivity (Wildman–Crippen MR) is 260 cm³/mol. The van der Waals surface area contributed by atoms with Gasteiger partial charge in [-0.2, -0.15) is 0 Å². The highest BCUT2D eigenvalue weighted by atomic mass is 16.6. The highest BCUT2D eigenvalue weighted by Gasteiger charge is 2.19. The standard InChI is InChI=1S/C55H82O6/c1-4-7-10-13-16-19-22-25-26-27-28-29-30-31-34-36-39-42-45-48-54(57)60-51-52(61-55(58)49-46-43-40-37-33-24-21-18-15-12-9-6-3)50-59-53(56)47-44-41-38-35-32-23-20-17-14-11-8-5-2/h7-13,16-22,25-31,33-34,37,52H,4-6,14-15,23-24,32,35-36,38-51H2,1-3H3/b10-7-,11-8-,12-9-,16-13-,20-17-,21-18-,22-19-,26-25-,28-27+,30-29-,34-31-,37-33-. The Balaban J connectivity index is 4.58. The summed E-state index contributed by atoms with van der Waals surface area (Å²) in [4.78, 5) is 37.8. The Morgan fingerprint density at radius 3 is 1.16 bits per heavy atom. The second kappa shape index (κ2) is 48.0. The first-order valence-electron chi connectivity index (χ1n) is 23.4. The number of esters is 3. The van der Waals surface area contributed by atoms with Crippen LogP contribution >= 0.6 is 0 Å². The molecular weight excluding hydrogens is 757 g/mol. The second-order valence-electron chi connectivity index (χ2n) is 14.7. The first-order chi connectivity index (χ1) is 30.0. The maximum Gasteiger partial charge on any atom is 0.306 e. The third-order valence-electron chi connectivity index (χ3n) is 9.01. The maximum atomic E-state index is 12.7. The van der Waals surface area contributed by atoms with E-state index < -0.39 is 6.10 Å². The summed E-state index contributed by atoms with van der Waals surface area (Å²) in [6, 6.07) is 0. The molecule has 0 saturated heterocycles. The van der Waals surface area contributed by atoms with Gasteiger partial charge in [0.05, 0.1) is 0 Å². The lowest BCUT2D eigenvalue weighted by molar-refractivity contribution is -0.167. The lowest BCUT2D eigenvalue weighted by Gasteiger charge is -2.18. The summed E-state index contributed by atoms with van der Waals surface area (Å²) in [6.07, 6.45) is 68.3. The van der Waals surface area contributed by atoms with Crippen molar-refractivity contribution in [2.24, 2.45) is 0 Å². The highest BCUT2D eigenvalue weighted by molar-refractivity contribution is 5.71. The van der Waals surface area contributed by atoms with Gasteiger partial charge >= 0.3 is 17.9 Å². The van der Waals surface area contributed by atoms with Crippen molar-refractivity contribution in [3.05, 3.63) is 146 Å². The van der Waals surface area contributed by atoms with Gasteiger partial charge in [0.2, 0.25) is 0 Å². The molecule has 0 saturated carbocycles. The van der Waals surface area contributed by atoms with Gasteiger partial charge in [0, 0.05) is 19.3 Å². The molecule has 0 heterocycles. The topological polar surface area (TPSA) is 78.9 Å². The van der Waals surface area contributed by atoms with Crippen LogP contribution in [0.15, 0.2) is 146 Å². The summed E-state index contributed by atoms with van der Waals surface area (Å²) in [5.41, 5.74) is 0. The van der Waals surface area contributed by atoms with E-state index in [2.05, 4.69) is 93.7 Å². The van der Waals surface area contributed by atoms with Crippen molar-refractivity contribution in [1.29, 1.82) is 0 Å². The molecule has 0 N–H and O–H groups in total. The van der Waals surface area contributed by atoms with Gasteiger partial charge in [-0.25, -0.2) is 0 Å². The summed E-state index contributed by atoms with van der Waals surface area (Å²) in [5, 5.41) is 0. The predicted octanol–water partition coefficient (Wildman–Crippen LogP) is 15.3. The van der Waals surface area contributed by atoms with E-state index in [1.165, 1.54) is 0 Å². The van der Waals surface area contributed by atoms with Crippen LogP contribution in [0.1, 0.15) is 162 Å². The van der Waals surface area contributed by atoms with Crippen LogP contribution in [-0.2, 0) is 28.6 Å². The molecule has 0 fully saturated rings. The lowest BCUT2D eigenvalue weighted by Crippen LogP contribution is -2.30. The Kier molecular flexibility index (Phi) is 44.3. The zero-order valence-electron chi connectivity index (χ0n) is 38.4. The Bertz CT molecular complexity index is 1430. The average Bonchev–Trinajstić information content (AvgIpc) is 3.26. The Morgan fingerprint density at radius 2 is 0.672 bits per heavy atom. The van der Waals surface area contributed by atoms with Gasteiger partial charge in [-0.3, -0.25) is 14.4 Å². The molecule has 0 radical (unpaired) electrons. The number of unbranched alkanes of at least 4 members (excludes halogenated alkanes) is 10. The molecule has 338 valence electrons. The zero-order valence-corrected chi connectivity index (χ0v) is 38.4. The number of hydrogen-bond donors (Lipinski definition) is 0. The Morgan fingerprint density at radius 1 is 0.344 bits per heavy atom. The molecule has 0 amide bonds. The van der Waals surface area contributed by atoms with Crippen LogP contribution in [-0.4, -0.2) is 37.2 Å². The molecule has 0 aromatic rings. The minimum Gasteiger partial charge on any atom is -0.462 e. The molecule has 0 aromatic heterocycles. The van der Waals surface area contributed by atoms with E-state index in [-0.39, 0.29) is 44.0 Å². The molecule has 1 atom stereocenters. The van der Waals surface area contributed by atoms with E-state index in [0.717, 1.165) is 109 Å². The molecule has 0 aliphatic rings. The van der Waals surface area contributed by atoms with Crippen molar-refractivity contribution in [3.63, 3.8) is 0 Å². The van der Waals surface area contributed by atoms with Crippen LogP contribution in [0.4, 0.5) is 0 Å². The quantitative estimate of drug-likeness (QED) is 0.0202. The minimum absolute atomic E-state index is 0.123. The molecule has 6 heteroatoms. The van der Waals surface area contributed by atoms with Crippen LogP contribution in [0.3, 0.4) is 0 Å². The van der Waals surface area contributed by atoms with E-state index in [0.29, 0.717) is 19.3 Å². The summed E-state index contributed by atoms with van der Waals surface area (Å²) >= 11 is 0. The largest absolute Gasteiger partial charge is 0.462 e. The van der Waals surface area contributed by atoms with Crippen LogP contribution in [0.2, 0.25) is 0 Å². The van der Waals surface area contributed by atoms with Crippen molar-refractivity contribution in [2.75, 3.05) is 13.2 Å². The third kappa shape index (κ3) is 46.2. The SMILES string of the molecule is CC\C=C/C=C\C=C/C=C\C=C\C=C/C=C\CCCCCC(=O)OCC(COC(=O)CCCCCCC/C=C\C/C=C\CC)OC(=O)CCCC/C=C\C/C=C\C/C=C\CC. The Hall–Kier alpha value is -4.71. The number of allylic oxidation sites excluding steroid dienone is 24. The lowest BCUT2D eigenvalue weighted by atomic mass is 10.1. The normalized spacial score (nSPS) is 13.4. The number of carbonyl (C=O) groups is 3. The van der Waals surface area contributed by atoms with Gasteiger partial charge in [0.1, 0.15) is 13.2 Å². The molecule has 0 bridgehead atoms. The van der Waals surface area contributed by atoms with Crippen molar-refractivity contribution in [1.82, 2.24) is 0 Å². The fourth-order valence-electron chi connectivity index (χ4n) is 5.59. The van der Waals surface area contributed by atoms with E-state index >= 15 is 0 Å². The third-order valence-corrected chi connectivity index (χ3v) is 9.01. The fraction of sp³-hybridized carbons (Fsp3) is 0.509. The van der Waals surface area contributed by atoms with Crippen LogP contribution in [0, 0.1) is 0 Å². The first kappa shape index (κ1) is 56.3. The molecule has 0 aliphatic carbocycles. The van der Waals surface area contributed by atoms with Gasteiger partial charge < -0.3 is 14.2 Å². The van der Waals surface area contributed by atoms with Crippen molar-refractivity contribution >= 4 is 17.9 Å². The molecule has 1 unspecified atom stereocenters. The second-order valence-corrected chi connectivity index (χ2v) is 14.7. The zero-order chi connectivity index (χ0) is 44.4. The summed E-state index contributed by atoms with van der Waals surface area (Å²) in [5.74, 6) is -1.04. The molecule has 0 rings (SSSR count). The molecule has 61 heavy (non-hydrogen) atoms. The van der Waals surface area contributed by atoms with E-state index in [9.17, 15) is 14.4 Å². The van der Waals surface area contributed by atoms with Gasteiger partial charge in [-0.05, 0) is 96.3 Å². The van der Waals surface area contributed by atoms with E-state index in [1.54, 1.807) is 0 Å². The van der Waals surface area contributed by atoms with Crippen molar-refractivity contribution in [2.45, 2.75) is 168 Å². The molecule has 6 nitrogen and oxygen atoms in total. The molecule has 0 spiro atoms. The molecular formula is C55H82O6. The number of rotatable bonds is 39. The van der Waals surface area contributed by atoms with Gasteiger partial charge in [0.15, 0.2) is 6.10 Å². The van der Waals surface area contributed by atoms with Gasteiger partial charge in [-0.1, -0.05) is 192 Å². The fourth-order valence-corrected chi connectivity index (χ4v) is 5.59. The van der Waals surface area contributed by atoms with E-state index in [4.69, 9.17) is 14.2 Å². The number of ether oxygens (including phenoxy) is 3. The maximum absolute atomic E-state index is 12.7. The van der Waals surface area contributed by atoms with Crippen LogP contribution in [0.25, 0.3) is 0 Å². The summed E-state index contributed by atoms with van der Waals surface area (Å²) in [7, 11) is 0. The molecule has 0 aliphatic heterocycles. The highest BCUT2D eigenvalue weighted by Crippen LogP contribution is 2.11. The van der Waals surface area contributed by atoms with Crippen molar-refractivity contribution in [3.8, 4) is 0 Å². The molecule has 0 aromatic carbocycles. The van der Waals surface area contributed by atoms with Gasteiger partial charge in [0.25, 0.3) is 0 Å². The summed E-state index contributed by atoms with van der Waals surface area (Å²) < 4.78 is 16.6. The van der Waals surface area contributed by atoms with Crippen LogP contribution < -0.4 is 0 Å². The number of hydrogen-bond acceptors (Lipinski definition) is 6. The average molecular weight is 839 g/mol. The summed E-state index contributed by atoms with van der Waals surface area (Å²) in [6.45, 7) is 6.13. The van der Waals surface area contributed by atoms with Crippen LogP contribution in [0.5, 0.6) is 0 Å². The monoisotopic (exact) mass is 839 g/mol. The minimum atomic E-state index is -0.828. The smallest absolute Gasteiger partial charge is 0.306 e. The van der Waals surface area contributed by atoms with E-state index in [1.807, 2.05) is 72.9 Å². The van der Waals surface area contributed by atoms with Gasteiger partial charge in [-0.15, -0.1) is 0 Å². The number of carbonyl (C=O) groups excluding carboxylic acids is 3. The van der Waals surface area contributed by atoms with Crippen molar-refractivity contribution < 1.29 is 28.6 Å². The Labute approximate surface area is 372 Å². The first-order valence-corrected chi connectivity index (χ1v) is 23.4.